The summed E-state index contributed by atoms with van der Waals surface area (Å²) in [6, 6.07) is 24.3. The minimum atomic E-state index is -1.01. The molecule has 0 aromatic heterocycles. The highest BCUT2D eigenvalue weighted by Crippen LogP contribution is 2.36. The molecule has 164 valence electrons. The van der Waals surface area contributed by atoms with E-state index in [9.17, 15) is 14.4 Å². The molecule has 3 aromatic carbocycles. The number of anilines is 2. The van der Waals surface area contributed by atoms with Crippen LogP contribution in [0.4, 0.5) is 11.4 Å². The predicted molar refractivity (Wildman–Crippen MR) is 135 cm³/mol. The Balaban J connectivity index is 1.70. The number of nitrogens with one attached hydrogen (secondary N) is 2. The highest BCUT2D eigenvalue weighted by Gasteiger charge is 2.22. The monoisotopic (exact) mass is 560 g/mol. The Morgan fingerprint density at radius 1 is 0.812 bits per heavy atom. The minimum absolute atomic E-state index is 0.0827. The summed E-state index contributed by atoms with van der Waals surface area (Å²) >= 11 is 3.63. The van der Waals surface area contributed by atoms with E-state index >= 15 is 0 Å². The Morgan fingerprint density at radius 2 is 1.41 bits per heavy atom. The van der Waals surface area contributed by atoms with Crippen molar-refractivity contribution in [2.75, 3.05) is 10.6 Å². The van der Waals surface area contributed by atoms with Gasteiger partial charge in [-0.25, -0.2) is 0 Å². The average Bonchev–Trinajstić information content (AvgIpc) is 2.79. The van der Waals surface area contributed by atoms with Crippen molar-refractivity contribution in [3.63, 3.8) is 0 Å². The Hall–Kier alpha value is -2.85. The van der Waals surface area contributed by atoms with E-state index in [1.54, 1.807) is 12.1 Å². The van der Waals surface area contributed by atoms with E-state index in [4.69, 9.17) is 5.11 Å². The lowest BCUT2D eigenvalue weighted by atomic mass is 10.1. The number of hydrogen-bond donors (Lipinski definition) is 3. The maximum absolute atomic E-state index is 13.1. The molecule has 32 heavy (non-hydrogen) atoms. The number of halogens is 1. The standard InChI is InChI=1S/C24H21IN2O4S/c25-17-6-8-19(9-7-17)27-24(31)23(16-4-2-1-3-5-16)32-20-12-10-18(11-13-20)26-21(28)14-15-22(29)30/h1-13,23H,14-15H2,(H,26,28)(H,27,31)(H,29,30). The topological polar surface area (TPSA) is 95.5 Å². The van der Waals surface area contributed by atoms with Crippen molar-refractivity contribution in [2.24, 2.45) is 0 Å². The van der Waals surface area contributed by atoms with Gasteiger partial charge < -0.3 is 15.7 Å². The molecule has 1 unspecified atom stereocenters. The van der Waals surface area contributed by atoms with Crippen molar-refractivity contribution in [3.05, 3.63) is 88.0 Å². The second-order valence-corrected chi connectivity index (χ2v) is 9.30. The Morgan fingerprint density at radius 3 is 2.03 bits per heavy atom. The summed E-state index contributed by atoms with van der Waals surface area (Å²) in [7, 11) is 0. The molecule has 0 saturated carbocycles. The molecule has 0 fully saturated rings. The molecule has 0 bridgehead atoms. The van der Waals surface area contributed by atoms with Crippen LogP contribution >= 0.6 is 34.4 Å². The van der Waals surface area contributed by atoms with Gasteiger partial charge in [-0.1, -0.05) is 30.3 Å². The first-order valence-corrected chi connectivity index (χ1v) is 11.8. The minimum Gasteiger partial charge on any atom is -0.481 e. The van der Waals surface area contributed by atoms with E-state index in [1.807, 2.05) is 66.7 Å². The Labute approximate surface area is 203 Å². The highest BCUT2D eigenvalue weighted by molar-refractivity contribution is 14.1. The number of carboxylic acids is 1. The maximum Gasteiger partial charge on any atom is 0.303 e. The molecule has 6 nitrogen and oxygen atoms in total. The second kappa shape index (κ2) is 11.7. The van der Waals surface area contributed by atoms with E-state index < -0.39 is 11.2 Å². The number of aliphatic carboxylic acids is 1. The molecule has 3 rings (SSSR count). The summed E-state index contributed by atoms with van der Waals surface area (Å²) in [6.45, 7) is 0. The Bertz CT molecular complexity index is 1070. The zero-order valence-electron chi connectivity index (χ0n) is 17.0. The number of rotatable bonds is 9. The third-order valence-electron chi connectivity index (χ3n) is 4.41. The summed E-state index contributed by atoms with van der Waals surface area (Å²) in [5.41, 5.74) is 2.19. The molecule has 2 amide bonds. The fourth-order valence-corrected chi connectivity index (χ4v) is 4.22. The van der Waals surface area contributed by atoms with Crippen molar-refractivity contribution in [3.8, 4) is 0 Å². The van der Waals surface area contributed by atoms with Crippen molar-refractivity contribution >= 4 is 63.5 Å². The molecule has 0 radical (unpaired) electrons. The lowest BCUT2D eigenvalue weighted by molar-refractivity contribution is -0.138. The molecule has 0 aliphatic rings. The molecule has 3 aromatic rings. The summed E-state index contributed by atoms with van der Waals surface area (Å²) in [5.74, 6) is -1.50. The molecular formula is C24H21IN2O4S. The second-order valence-electron chi connectivity index (χ2n) is 6.87. The maximum atomic E-state index is 13.1. The number of hydrogen-bond acceptors (Lipinski definition) is 4. The van der Waals surface area contributed by atoms with Crippen LogP contribution in [0.3, 0.4) is 0 Å². The van der Waals surface area contributed by atoms with Crippen LogP contribution in [0.25, 0.3) is 0 Å². The van der Waals surface area contributed by atoms with Crippen LogP contribution in [-0.4, -0.2) is 22.9 Å². The van der Waals surface area contributed by atoms with Gasteiger partial charge in [-0.3, -0.25) is 14.4 Å². The van der Waals surface area contributed by atoms with E-state index in [1.165, 1.54) is 11.8 Å². The van der Waals surface area contributed by atoms with Crippen LogP contribution in [0.5, 0.6) is 0 Å². The fraction of sp³-hybridized carbons (Fsp3) is 0.125. The molecule has 0 aliphatic carbocycles. The van der Waals surface area contributed by atoms with E-state index in [0.717, 1.165) is 19.7 Å². The van der Waals surface area contributed by atoms with E-state index in [-0.39, 0.29) is 24.7 Å². The van der Waals surface area contributed by atoms with Crippen LogP contribution in [0.15, 0.2) is 83.8 Å². The first-order chi connectivity index (χ1) is 15.4. The molecule has 0 saturated heterocycles. The van der Waals surface area contributed by atoms with Gasteiger partial charge in [0.15, 0.2) is 0 Å². The molecule has 8 heteroatoms. The van der Waals surface area contributed by atoms with Gasteiger partial charge in [-0.15, -0.1) is 11.8 Å². The number of carbonyl (C=O) groups excluding carboxylic acids is 2. The predicted octanol–water partition coefficient (Wildman–Crippen LogP) is 5.57. The van der Waals surface area contributed by atoms with Gasteiger partial charge in [0.2, 0.25) is 11.8 Å². The van der Waals surface area contributed by atoms with Gasteiger partial charge in [-0.2, -0.15) is 0 Å². The van der Waals surface area contributed by atoms with Crippen molar-refractivity contribution in [1.29, 1.82) is 0 Å². The summed E-state index contributed by atoms with van der Waals surface area (Å²) in [6.07, 6.45) is -0.297. The summed E-state index contributed by atoms with van der Waals surface area (Å²) < 4.78 is 1.09. The summed E-state index contributed by atoms with van der Waals surface area (Å²) in [5, 5.41) is 13.9. The number of carbonyl (C=O) groups is 3. The molecule has 0 aliphatic heterocycles. The molecule has 3 N–H and O–H groups in total. The number of thioether (sulfide) groups is 1. The van der Waals surface area contributed by atoms with Crippen molar-refractivity contribution < 1.29 is 19.5 Å². The van der Waals surface area contributed by atoms with Gasteiger partial charge in [0.25, 0.3) is 0 Å². The average molecular weight is 560 g/mol. The third kappa shape index (κ3) is 7.38. The van der Waals surface area contributed by atoms with E-state index in [0.29, 0.717) is 5.69 Å². The largest absolute Gasteiger partial charge is 0.481 e. The zero-order valence-corrected chi connectivity index (χ0v) is 19.9. The zero-order chi connectivity index (χ0) is 22.9. The number of benzene rings is 3. The van der Waals surface area contributed by atoms with Gasteiger partial charge in [0.05, 0.1) is 6.42 Å². The van der Waals surface area contributed by atoms with E-state index in [2.05, 4.69) is 33.2 Å². The summed E-state index contributed by atoms with van der Waals surface area (Å²) in [4.78, 5) is 36.4. The first kappa shape index (κ1) is 23.8. The van der Waals surface area contributed by atoms with Crippen LogP contribution < -0.4 is 10.6 Å². The van der Waals surface area contributed by atoms with Crippen molar-refractivity contribution in [2.45, 2.75) is 23.0 Å². The van der Waals surface area contributed by atoms with Crippen LogP contribution in [-0.2, 0) is 14.4 Å². The molecule has 0 heterocycles. The van der Waals surface area contributed by atoms with Crippen LogP contribution in [0.1, 0.15) is 23.7 Å². The lowest BCUT2D eigenvalue weighted by Gasteiger charge is -2.17. The van der Waals surface area contributed by atoms with Gasteiger partial charge >= 0.3 is 5.97 Å². The molecular weight excluding hydrogens is 539 g/mol. The van der Waals surface area contributed by atoms with Gasteiger partial charge in [0, 0.05) is 26.3 Å². The normalized spacial score (nSPS) is 11.4. The van der Waals surface area contributed by atoms with Crippen molar-refractivity contribution in [1.82, 2.24) is 0 Å². The third-order valence-corrected chi connectivity index (χ3v) is 6.40. The quantitative estimate of drug-likeness (QED) is 0.235. The SMILES string of the molecule is O=C(O)CCC(=O)Nc1ccc(SC(C(=O)Nc2ccc(I)cc2)c2ccccc2)cc1. The number of amides is 2. The first-order valence-electron chi connectivity index (χ1n) is 9.80. The lowest BCUT2D eigenvalue weighted by Crippen LogP contribution is -2.19. The van der Waals surface area contributed by atoms with Gasteiger partial charge in [0.1, 0.15) is 5.25 Å². The molecule has 0 spiro atoms. The smallest absolute Gasteiger partial charge is 0.303 e. The Kier molecular flexibility index (Phi) is 8.69. The number of carboxylic acid groups (broad SMARTS) is 1. The van der Waals surface area contributed by atoms with Gasteiger partial charge in [-0.05, 0) is 76.7 Å². The highest BCUT2D eigenvalue weighted by atomic mass is 127. The van der Waals surface area contributed by atoms with Crippen LogP contribution in [0, 0.1) is 3.57 Å². The molecule has 1 atom stereocenters. The fourth-order valence-electron chi connectivity index (χ4n) is 2.84. The van der Waals surface area contributed by atoms with Crippen LogP contribution in [0.2, 0.25) is 0 Å².